The van der Waals surface area contributed by atoms with Crippen molar-refractivity contribution in [2.24, 2.45) is 0 Å². The molecule has 0 unspecified atom stereocenters. The van der Waals surface area contributed by atoms with Crippen LogP contribution in [-0.2, 0) is 13.0 Å². The lowest BCUT2D eigenvalue weighted by molar-refractivity contribution is 0.0723. The largest absolute Gasteiger partial charge is 0.497 e. The van der Waals surface area contributed by atoms with Crippen LogP contribution in [0.4, 0.5) is 0 Å². The molecule has 0 bridgehead atoms. The van der Waals surface area contributed by atoms with Gasteiger partial charge in [-0.25, -0.2) is 10.4 Å². The fourth-order valence-corrected chi connectivity index (χ4v) is 4.11. The van der Waals surface area contributed by atoms with Crippen molar-refractivity contribution in [2.75, 3.05) is 21.2 Å². The van der Waals surface area contributed by atoms with Gasteiger partial charge < -0.3 is 9.30 Å². The van der Waals surface area contributed by atoms with Gasteiger partial charge in [0.1, 0.15) is 17.3 Å². The fourth-order valence-electron chi connectivity index (χ4n) is 4.11. The first kappa shape index (κ1) is 24.3. The number of hydrogen-bond acceptors (Lipinski definition) is 4. The van der Waals surface area contributed by atoms with Crippen molar-refractivity contribution in [1.29, 1.82) is 0 Å². The smallest absolute Gasteiger partial charge is 0.286 e. The normalized spacial score (nSPS) is 13.7. The van der Waals surface area contributed by atoms with E-state index in [1.807, 2.05) is 30.5 Å². The number of hydrazine groups is 1. The van der Waals surface area contributed by atoms with Gasteiger partial charge in [-0.1, -0.05) is 35.3 Å². The van der Waals surface area contributed by atoms with Crippen LogP contribution in [0.5, 0.6) is 5.75 Å². The van der Waals surface area contributed by atoms with E-state index in [0.29, 0.717) is 12.2 Å². The summed E-state index contributed by atoms with van der Waals surface area (Å²) in [6.07, 6.45) is 5.93. The molecule has 0 spiro atoms. The van der Waals surface area contributed by atoms with Crippen molar-refractivity contribution in [3.63, 3.8) is 0 Å². The minimum absolute atomic E-state index is 0.115. The first-order chi connectivity index (χ1) is 15.9. The standard InChI is InChI=1S/C27H34N4O2/c1-7-8-17-31-25(27(32)30(5)28-4)20(3)29-26(31)22-12-9-19(2)23(14-13-22)18-21-10-15-24(33-6)16-11-21/h10-12,15-16,28H,9,13-14,17-18H2,1-6H3. The number of nitrogens with one attached hydrogen (secondary N) is 1. The molecule has 3 rings (SSSR count). The van der Waals surface area contributed by atoms with Gasteiger partial charge in [-0.15, -0.1) is 5.92 Å². The van der Waals surface area contributed by atoms with E-state index in [0.717, 1.165) is 43.0 Å². The minimum Gasteiger partial charge on any atom is -0.497 e. The molecule has 0 radical (unpaired) electrons. The number of aryl methyl sites for hydroxylation is 1. The Morgan fingerprint density at radius 1 is 1.24 bits per heavy atom. The zero-order valence-electron chi connectivity index (χ0n) is 20.6. The van der Waals surface area contributed by atoms with Crippen molar-refractivity contribution in [3.05, 3.63) is 64.3 Å². The van der Waals surface area contributed by atoms with Crippen molar-refractivity contribution in [3.8, 4) is 17.6 Å². The second-order valence-electron chi connectivity index (χ2n) is 8.31. The molecule has 1 aliphatic rings. The molecule has 0 saturated carbocycles. The van der Waals surface area contributed by atoms with Crippen molar-refractivity contribution >= 4 is 11.5 Å². The summed E-state index contributed by atoms with van der Waals surface area (Å²) in [5.41, 5.74) is 9.51. The van der Waals surface area contributed by atoms with E-state index in [1.165, 1.54) is 27.3 Å². The minimum atomic E-state index is -0.115. The van der Waals surface area contributed by atoms with E-state index >= 15 is 0 Å². The third-order valence-electron chi connectivity index (χ3n) is 6.22. The van der Waals surface area contributed by atoms with Gasteiger partial charge in [0.05, 0.1) is 19.3 Å². The molecule has 6 nitrogen and oxygen atoms in total. The Labute approximate surface area is 197 Å². The Morgan fingerprint density at radius 2 is 1.97 bits per heavy atom. The lowest BCUT2D eigenvalue weighted by Gasteiger charge is -2.17. The number of carbonyl (C=O) groups is 1. The van der Waals surface area contributed by atoms with Crippen molar-refractivity contribution in [1.82, 2.24) is 20.0 Å². The summed E-state index contributed by atoms with van der Waals surface area (Å²) in [4.78, 5) is 17.9. The number of nitrogens with zero attached hydrogens (tertiary/aromatic N) is 3. The molecule has 1 amide bonds. The molecule has 0 fully saturated rings. The molecule has 1 aromatic carbocycles. The number of allylic oxidation sites excluding steroid dienone is 4. The maximum absolute atomic E-state index is 13.0. The average molecular weight is 447 g/mol. The molecular weight excluding hydrogens is 412 g/mol. The highest BCUT2D eigenvalue weighted by Crippen LogP contribution is 2.32. The topological polar surface area (TPSA) is 59.4 Å². The SMILES string of the molecule is CC#CCn1c(C2=CCC(C)=C(Cc3ccc(OC)cc3)CC2)nc(C)c1C(=O)N(C)NC. The van der Waals surface area contributed by atoms with Gasteiger partial charge in [0.15, 0.2) is 0 Å². The van der Waals surface area contributed by atoms with Crippen LogP contribution < -0.4 is 10.2 Å². The summed E-state index contributed by atoms with van der Waals surface area (Å²) >= 11 is 0. The highest BCUT2D eigenvalue weighted by atomic mass is 16.5. The zero-order valence-corrected chi connectivity index (χ0v) is 20.6. The van der Waals surface area contributed by atoms with E-state index in [-0.39, 0.29) is 5.91 Å². The fraction of sp³-hybridized carbons (Fsp3) is 0.407. The number of hydrogen-bond donors (Lipinski definition) is 1. The van der Waals surface area contributed by atoms with Crippen molar-refractivity contribution in [2.45, 2.75) is 53.0 Å². The second kappa shape index (κ2) is 11.0. The summed E-state index contributed by atoms with van der Waals surface area (Å²) in [5.74, 6) is 7.68. The molecule has 174 valence electrons. The Morgan fingerprint density at radius 3 is 2.61 bits per heavy atom. The molecule has 33 heavy (non-hydrogen) atoms. The van der Waals surface area contributed by atoms with Crippen molar-refractivity contribution < 1.29 is 9.53 Å². The van der Waals surface area contributed by atoms with E-state index in [2.05, 4.69) is 42.4 Å². The van der Waals surface area contributed by atoms with Crippen LogP contribution in [0, 0.1) is 18.8 Å². The number of imidazole rings is 1. The Hall–Kier alpha value is -3.30. The molecule has 1 heterocycles. The number of carbonyl (C=O) groups excluding carboxylic acids is 1. The predicted molar refractivity (Wildman–Crippen MR) is 133 cm³/mol. The second-order valence-corrected chi connectivity index (χ2v) is 8.31. The average Bonchev–Trinajstić information content (AvgIpc) is 3.05. The lowest BCUT2D eigenvalue weighted by Crippen LogP contribution is -2.38. The van der Waals surface area contributed by atoms with Crippen LogP contribution in [0.1, 0.15) is 60.7 Å². The Kier molecular flexibility index (Phi) is 8.13. The van der Waals surface area contributed by atoms with Crippen LogP contribution in [0.25, 0.3) is 5.57 Å². The first-order valence-corrected chi connectivity index (χ1v) is 11.3. The van der Waals surface area contributed by atoms with Crippen LogP contribution >= 0.6 is 0 Å². The highest BCUT2D eigenvalue weighted by molar-refractivity contribution is 5.94. The van der Waals surface area contributed by atoms with E-state index in [9.17, 15) is 4.79 Å². The molecule has 2 aromatic rings. The van der Waals surface area contributed by atoms with E-state index in [1.54, 1.807) is 21.2 Å². The van der Waals surface area contributed by atoms with Gasteiger partial charge in [0.25, 0.3) is 5.91 Å². The van der Waals surface area contributed by atoms with Crippen LogP contribution in [-0.4, -0.2) is 41.7 Å². The van der Waals surface area contributed by atoms with Crippen LogP contribution in [0.2, 0.25) is 0 Å². The summed E-state index contributed by atoms with van der Waals surface area (Å²) in [5, 5.41) is 1.48. The number of ether oxygens (including phenoxy) is 1. The summed E-state index contributed by atoms with van der Waals surface area (Å²) in [6.45, 7) is 6.36. The van der Waals surface area contributed by atoms with Gasteiger partial charge in [0, 0.05) is 14.1 Å². The monoisotopic (exact) mass is 446 g/mol. The molecule has 0 saturated heterocycles. The van der Waals surface area contributed by atoms with Crippen LogP contribution in [0.15, 0.2) is 41.5 Å². The lowest BCUT2D eigenvalue weighted by atomic mass is 9.96. The Balaban J connectivity index is 1.87. The molecule has 0 atom stereocenters. The van der Waals surface area contributed by atoms with Gasteiger partial charge in [0.2, 0.25) is 0 Å². The van der Waals surface area contributed by atoms with Gasteiger partial charge in [-0.2, -0.15) is 0 Å². The summed E-state index contributed by atoms with van der Waals surface area (Å²) in [7, 11) is 5.13. The molecule has 1 aliphatic carbocycles. The predicted octanol–water partition coefficient (Wildman–Crippen LogP) is 4.56. The van der Waals surface area contributed by atoms with Gasteiger partial charge in [-0.05, 0) is 69.7 Å². The highest BCUT2D eigenvalue weighted by Gasteiger charge is 2.25. The number of amides is 1. The Bertz CT molecular complexity index is 1130. The molecule has 6 heteroatoms. The van der Waals surface area contributed by atoms with E-state index in [4.69, 9.17) is 9.72 Å². The molecule has 1 N–H and O–H groups in total. The first-order valence-electron chi connectivity index (χ1n) is 11.3. The maximum Gasteiger partial charge on any atom is 0.286 e. The van der Waals surface area contributed by atoms with Gasteiger partial charge in [-0.3, -0.25) is 9.80 Å². The number of rotatable bonds is 7. The van der Waals surface area contributed by atoms with Gasteiger partial charge >= 0.3 is 0 Å². The third kappa shape index (κ3) is 5.55. The number of methoxy groups -OCH3 is 1. The maximum atomic E-state index is 13.0. The molecular formula is C27H34N4O2. The number of aromatic nitrogens is 2. The quantitative estimate of drug-likeness (QED) is 0.385. The summed E-state index contributed by atoms with van der Waals surface area (Å²) in [6, 6.07) is 8.29. The zero-order chi connectivity index (χ0) is 24.0. The third-order valence-corrected chi connectivity index (χ3v) is 6.22. The molecule has 0 aliphatic heterocycles. The van der Waals surface area contributed by atoms with Crippen LogP contribution in [0.3, 0.4) is 0 Å². The summed E-state index contributed by atoms with van der Waals surface area (Å²) < 4.78 is 7.25. The van der Waals surface area contributed by atoms with E-state index < -0.39 is 0 Å². The molecule has 1 aromatic heterocycles. The number of benzene rings is 1.